The molecule has 3 aliphatic carbocycles. The minimum Gasteiger partial charge on any atom is -0.309 e. The number of hydrogen-bond donors (Lipinski definition) is 0. The molecule has 0 saturated carbocycles. The number of aromatic nitrogens is 2. The van der Waals surface area contributed by atoms with Gasteiger partial charge in [-0.1, -0.05) is 236 Å². The molecule has 76 heavy (non-hydrogen) atoms. The first-order valence-electron chi connectivity index (χ1n) is 26.8. The molecule has 356 valence electrons. The predicted molar refractivity (Wildman–Crippen MR) is 316 cm³/mol. The van der Waals surface area contributed by atoms with Gasteiger partial charge in [-0.2, -0.15) is 0 Å². The van der Waals surface area contributed by atoms with Gasteiger partial charge < -0.3 is 9.13 Å². The number of para-hydroxylation sites is 2. The molecule has 0 radical (unpaired) electrons. The summed E-state index contributed by atoms with van der Waals surface area (Å²) in [5, 5.41) is 4.96. The Bertz CT molecular complexity index is 4530. The van der Waals surface area contributed by atoms with Gasteiger partial charge in [0, 0.05) is 32.7 Å². The molecule has 1 unspecified atom stereocenters. The highest BCUT2D eigenvalue weighted by Crippen LogP contribution is 2.61. The molecule has 2 nitrogen and oxygen atoms in total. The van der Waals surface area contributed by atoms with Crippen LogP contribution in [-0.2, 0) is 10.8 Å². The summed E-state index contributed by atoms with van der Waals surface area (Å²) in [6.45, 7) is 0. The van der Waals surface area contributed by atoms with Crippen LogP contribution >= 0.6 is 0 Å². The van der Waals surface area contributed by atoms with E-state index >= 15 is 0 Å². The van der Waals surface area contributed by atoms with Crippen LogP contribution in [0.15, 0.2) is 285 Å². The second-order valence-corrected chi connectivity index (χ2v) is 20.9. The minimum atomic E-state index is -0.547. The number of benzene rings is 11. The number of rotatable bonds is 7. The molecule has 0 bridgehead atoms. The Kier molecular flexibility index (Phi) is 9.33. The fourth-order valence-corrected chi connectivity index (χ4v) is 14.4. The standard InChI is InChI=1S/C74H50N2/c1-5-23-51(24-6-1)73(52-25-7-2-8-26-52)63-37-17-13-31-55(63)59-35-21-41-69(71(59)73)75-65-39-19-15-33-57(65)61-47-49(43-45-67(61)75)50-44-46-68-62(48-50)58-34-16-20-40-66(58)76(68)70-42-22-36-60-56-32-14-18-38-64(56)74(72(60)70,53-27-9-3-10-28-53)54-29-11-4-12-30-54/h1-11,13-29,31-48H,12,30H2. The van der Waals surface area contributed by atoms with Crippen LogP contribution in [0.4, 0.5) is 0 Å². The number of nitrogens with zero attached hydrogens (tertiary/aromatic N) is 2. The summed E-state index contributed by atoms with van der Waals surface area (Å²) < 4.78 is 5.11. The fraction of sp³-hybridized carbons (Fsp3) is 0.0541. The SMILES string of the molecule is C1=CCCC(C2(c3ccccc3)c3ccccc3-c3cccc(-n4c5ccccc5c5cc(-c6ccc7c(c6)c6ccccc6n7-c6cccc7c6C(c6ccccc6)(c6ccccc6)c6ccccc6-7)ccc54)c32)=C1. The average Bonchev–Trinajstić information content (AvgIpc) is 4.33. The van der Waals surface area contributed by atoms with E-state index in [1.54, 1.807) is 0 Å². The molecule has 0 spiro atoms. The Hall–Kier alpha value is -9.50. The third-order valence-corrected chi connectivity index (χ3v) is 17.4. The van der Waals surface area contributed by atoms with Gasteiger partial charge in [0.15, 0.2) is 0 Å². The van der Waals surface area contributed by atoms with Crippen molar-refractivity contribution in [2.45, 2.75) is 23.7 Å². The quantitative estimate of drug-likeness (QED) is 0.151. The Labute approximate surface area is 442 Å². The van der Waals surface area contributed by atoms with Crippen molar-refractivity contribution in [1.82, 2.24) is 9.13 Å². The van der Waals surface area contributed by atoms with Crippen LogP contribution in [-0.4, -0.2) is 9.13 Å². The topological polar surface area (TPSA) is 9.86 Å². The first kappa shape index (κ1) is 43.0. The third-order valence-electron chi connectivity index (χ3n) is 17.4. The Morgan fingerprint density at radius 3 is 1.22 bits per heavy atom. The Morgan fingerprint density at radius 2 is 0.724 bits per heavy atom. The van der Waals surface area contributed by atoms with Crippen molar-refractivity contribution < 1.29 is 0 Å². The van der Waals surface area contributed by atoms with E-state index in [-0.39, 0.29) is 0 Å². The highest BCUT2D eigenvalue weighted by Gasteiger charge is 2.50. The maximum Gasteiger partial charge on any atom is 0.0734 e. The van der Waals surface area contributed by atoms with Crippen LogP contribution in [0.25, 0.3) is 88.4 Å². The molecule has 13 aromatic rings. The van der Waals surface area contributed by atoms with Gasteiger partial charge in [-0.25, -0.2) is 0 Å². The summed E-state index contributed by atoms with van der Waals surface area (Å²) in [6.07, 6.45) is 9.01. The lowest BCUT2D eigenvalue weighted by molar-refractivity contribution is 0.689. The highest BCUT2D eigenvalue weighted by molar-refractivity contribution is 6.13. The van der Waals surface area contributed by atoms with Crippen molar-refractivity contribution >= 4 is 43.6 Å². The van der Waals surface area contributed by atoms with Gasteiger partial charge in [0.05, 0.1) is 44.3 Å². The minimum absolute atomic E-state index is 0.463. The van der Waals surface area contributed by atoms with E-state index in [0.29, 0.717) is 0 Å². The van der Waals surface area contributed by atoms with Gasteiger partial charge in [0.1, 0.15) is 0 Å². The van der Waals surface area contributed by atoms with Gasteiger partial charge in [-0.3, -0.25) is 0 Å². The van der Waals surface area contributed by atoms with Crippen LogP contribution in [0.1, 0.15) is 51.8 Å². The van der Waals surface area contributed by atoms with Crippen LogP contribution in [0.3, 0.4) is 0 Å². The van der Waals surface area contributed by atoms with Gasteiger partial charge >= 0.3 is 0 Å². The summed E-state index contributed by atoms with van der Waals surface area (Å²) in [7, 11) is 0. The molecular formula is C74H50N2. The molecule has 0 aliphatic heterocycles. The molecule has 2 heterocycles. The molecule has 0 amide bonds. The second kappa shape index (κ2) is 16.5. The van der Waals surface area contributed by atoms with Crippen molar-refractivity contribution in [3.63, 3.8) is 0 Å². The van der Waals surface area contributed by atoms with Gasteiger partial charge in [-0.05, 0) is 123 Å². The van der Waals surface area contributed by atoms with Crippen molar-refractivity contribution in [2.24, 2.45) is 0 Å². The molecule has 2 aromatic heterocycles. The van der Waals surface area contributed by atoms with E-state index in [2.05, 4.69) is 288 Å². The van der Waals surface area contributed by atoms with Crippen LogP contribution < -0.4 is 0 Å². The van der Waals surface area contributed by atoms with E-state index in [1.165, 1.54) is 133 Å². The van der Waals surface area contributed by atoms with Gasteiger partial charge in [0.25, 0.3) is 0 Å². The molecule has 1 atom stereocenters. The molecule has 0 saturated heterocycles. The van der Waals surface area contributed by atoms with E-state index in [4.69, 9.17) is 0 Å². The number of allylic oxidation sites excluding steroid dienone is 4. The zero-order valence-corrected chi connectivity index (χ0v) is 41.9. The lowest BCUT2D eigenvalue weighted by atomic mass is 9.65. The average molecular weight is 967 g/mol. The fourth-order valence-electron chi connectivity index (χ4n) is 14.4. The number of fused-ring (bicyclic) bond motifs is 12. The molecule has 11 aromatic carbocycles. The van der Waals surface area contributed by atoms with E-state index in [0.717, 1.165) is 12.8 Å². The molecule has 3 aliphatic rings. The van der Waals surface area contributed by atoms with Crippen molar-refractivity contribution in [3.8, 4) is 44.8 Å². The second-order valence-electron chi connectivity index (χ2n) is 20.9. The van der Waals surface area contributed by atoms with Crippen LogP contribution in [0, 0.1) is 0 Å². The summed E-state index contributed by atoms with van der Waals surface area (Å²) in [5.41, 5.74) is 24.3. The zero-order chi connectivity index (χ0) is 50.0. The Balaban J connectivity index is 0.902. The molecule has 2 heteroatoms. The molecular weight excluding hydrogens is 917 g/mol. The van der Waals surface area contributed by atoms with E-state index in [9.17, 15) is 0 Å². The zero-order valence-electron chi connectivity index (χ0n) is 41.9. The highest BCUT2D eigenvalue weighted by atomic mass is 15.0. The van der Waals surface area contributed by atoms with Gasteiger partial charge in [0.2, 0.25) is 0 Å². The van der Waals surface area contributed by atoms with Crippen molar-refractivity contribution in [3.05, 3.63) is 324 Å². The molecule has 16 rings (SSSR count). The van der Waals surface area contributed by atoms with Crippen LogP contribution in [0.2, 0.25) is 0 Å². The third kappa shape index (κ3) is 5.76. The predicted octanol–water partition coefficient (Wildman–Crippen LogP) is 18.5. The largest absolute Gasteiger partial charge is 0.309 e. The maximum atomic E-state index is 2.56. The summed E-state index contributed by atoms with van der Waals surface area (Å²) >= 11 is 0. The van der Waals surface area contributed by atoms with Gasteiger partial charge in [-0.15, -0.1) is 0 Å². The number of hydrogen-bond acceptors (Lipinski definition) is 0. The normalized spacial score (nSPS) is 16.0. The molecule has 0 fully saturated rings. The van der Waals surface area contributed by atoms with E-state index < -0.39 is 10.8 Å². The summed E-state index contributed by atoms with van der Waals surface area (Å²) in [5.74, 6) is 0. The lowest BCUT2D eigenvalue weighted by Crippen LogP contribution is -2.31. The van der Waals surface area contributed by atoms with Crippen molar-refractivity contribution in [1.29, 1.82) is 0 Å². The van der Waals surface area contributed by atoms with E-state index in [1.807, 2.05) is 0 Å². The lowest BCUT2D eigenvalue weighted by Gasteiger charge is -2.38. The maximum absolute atomic E-state index is 2.56. The summed E-state index contributed by atoms with van der Waals surface area (Å²) in [4.78, 5) is 0. The molecule has 0 N–H and O–H groups in total. The smallest absolute Gasteiger partial charge is 0.0734 e. The Morgan fingerprint density at radius 1 is 0.316 bits per heavy atom. The monoisotopic (exact) mass is 966 g/mol. The van der Waals surface area contributed by atoms with Crippen LogP contribution in [0.5, 0.6) is 0 Å². The van der Waals surface area contributed by atoms with Crippen molar-refractivity contribution in [2.75, 3.05) is 0 Å². The first-order valence-corrected chi connectivity index (χ1v) is 26.8. The summed E-state index contributed by atoms with van der Waals surface area (Å²) in [6, 6.07) is 98.1. The first-order chi connectivity index (χ1) is 37.7.